The van der Waals surface area contributed by atoms with Crippen LogP contribution in [0.2, 0.25) is 0 Å². The highest BCUT2D eigenvalue weighted by atomic mass is 16.5. The molecule has 0 saturated carbocycles. The van der Waals surface area contributed by atoms with Crippen molar-refractivity contribution in [3.8, 4) is 0 Å². The van der Waals surface area contributed by atoms with Crippen LogP contribution in [0.3, 0.4) is 0 Å². The molecule has 1 heterocycles. The number of pyridine rings is 1. The third kappa shape index (κ3) is 2.91. The lowest BCUT2D eigenvalue weighted by atomic mass is 10.2. The molecule has 0 aliphatic rings. The van der Waals surface area contributed by atoms with E-state index in [4.69, 9.17) is 4.74 Å². The summed E-state index contributed by atoms with van der Waals surface area (Å²) in [5.41, 5.74) is 1.44. The number of esters is 1. The number of hydrogen-bond donors (Lipinski definition) is 0. The van der Waals surface area contributed by atoms with Crippen molar-refractivity contribution < 1.29 is 9.53 Å². The first-order chi connectivity index (χ1) is 8.27. The molecular formula is C14H13NO2. The van der Waals surface area contributed by atoms with Gasteiger partial charge < -0.3 is 4.74 Å². The molecule has 0 spiro atoms. The molecule has 0 aliphatic heterocycles. The second-order valence-electron chi connectivity index (χ2n) is 3.70. The Bertz CT molecular complexity index is 482. The lowest BCUT2D eigenvalue weighted by Crippen LogP contribution is -2.09. The molecule has 0 saturated heterocycles. The van der Waals surface area contributed by atoms with Gasteiger partial charge in [-0.2, -0.15) is 0 Å². The maximum Gasteiger partial charge on any atom is 0.338 e. The van der Waals surface area contributed by atoms with E-state index >= 15 is 0 Å². The van der Waals surface area contributed by atoms with Gasteiger partial charge in [-0.05, 0) is 25.1 Å². The Labute approximate surface area is 100 Å². The number of carbonyl (C=O) groups is 1. The van der Waals surface area contributed by atoms with Gasteiger partial charge in [0.15, 0.2) is 0 Å². The standard InChI is InChI=1S/C14H13NO2/c1-11(13-8-5-9-15-10-13)17-14(16)12-6-3-2-4-7-12/h2-11H,1H3/t11-/m0/s1. The van der Waals surface area contributed by atoms with Gasteiger partial charge in [0, 0.05) is 18.0 Å². The van der Waals surface area contributed by atoms with Crippen molar-refractivity contribution in [2.75, 3.05) is 0 Å². The largest absolute Gasteiger partial charge is 0.454 e. The van der Waals surface area contributed by atoms with Crippen molar-refractivity contribution in [2.45, 2.75) is 13.0 Å². The molecule has 1 aromatic carbocycles. The van der Waals surface area contributed by atoms with Gasteiger partial charge in [-0.15, -0.1) is 0 Å². The summed E-state index contributed by atoms with van der Waals surface area (Å²) in [6.45, 7) is 1.83. The van der Waals surface area contributed by atoms with E-state index in [2.05, 4.69) is 4.98 Å². The fourth-order valence-corrected chi connectivity index (χ4v) is 1.49. The number of nitrogens with zero attached hydrogens (tertiary/aromatic N) is 1. The fraction of sp³-hybridized carbons (Fsp3) is 0.143. The van der Waals surface area contributed by atoms with Crippen LogP contribution in [0.25, 0.3) is 0 Å². The van der Waals surface area contributed by atoms with E-state index in [1.54, 1.807) is 24.5 Å². The van der Waals surface area contributed by atoms with Gasteiger partial charge in [-0.25, -0.2) is 4.79 Å². The van der Waals surface area contributed by atoms with Gasteiger partial charge in [0.05, 0.1) is 5.56 Å². The van der Waals surface area contributed by atoms with Crippen molar-refractivity contribution in [2.24, 2.45) is 0 Å². The lowest BCUT2D eigenvalue weighted by molar-refractivity contribution is 0.0337. The van der Waals surface area contributed by atoms with E-state index in [1.807, 2.05) is 37.3 Å². The van der Waals surface area contributed by atoms with E-state index in [-0.39, 0.29) is 12.1 Å². The van der Waals surface area contributed by atoms with Gasteiger partial charge in [-0.3, -0.25) is 4.98 Å². The smallest absolute Gasteiger partial charge is 0.338 e. The molecule has 3 heteroatoms. The summed E-state index contributed by atoms with van der Waals surface area (Å²) < 4.78 is 5.34. The minimum Gasteiger partial charge on any atom is -0.454 e. The Morgan fingerprint density at radius 2 is 1.94 bits per heavy atom. The molecule has 3 nitrogen and oxygen atoms in total. The molecule has 0 unspecified atom stereocenters. The van der Waals surface area contributed by atoms with Crippen LogP contribution in [-0.2, 0) is 4.74 Å². The van der Waals surface area contributed by atoms with Gasteiger partial charge in [0.1, 0.15) is 6.10 Å². The minimum atomic E-state index is -0.318. The normalized spacial score (nSPS) is 11.8. The molecule has 0 aliphatic carbocycles. The Hall–Kier alpha value is -2.16. The van der Waals surface area contributed by atoms with Crippen LogP contribution in [-0.4, -0.2) is 11.0 Å². The van der Waals surface area contributed by atoms with Gasteiger partial charge in [0.25, 0.3) is 0 Å². The van der Waals surface area contributed by atoms with Crippen LogP contribution in [0, 0.1) is 0 Å². The molecule has 0 N–H and O–H groups in total. The maximum atomic E-state index is 11.8. The zero-order valence-corrected chi connectivity index (χ0v) is 9.54. The Balaban J connectivity index is 2.05. The molecule has 0 fully saturated rings. The molecule has 1 aromatic heterocycles. The van der Waals surface area contributed by atoms with Crippen molar-refractivity contribution in [1.82, 2.24) is 4.98 Å². The summed E-state index contributed by atoms with van der Waals surface area (Å²) in [6, 6.07) is 12.7. The second-order valence-corrected chi connectivity index (χ2v) is 3.70. The molecule has 2 aromatic rings. The molecule has 2 rings (SSSR count). The molecule has 86 valence electrons. The predicted molar refractivity (Wildman–Crippen MR) is 64.5 cm³/mol. The van der Waals surface area contributed by atoms with Crippen molar-refractivity contribution in [3.05, 3.63) is 66.0 Å². The van der Waals surface area contributed by atoms with Crippen LogP contribution in [0.1, 0.15) is 28.9 Å². The monoisotopic (exact) mass is 227 g/mol. The fourth-order valence-electron chi connectivity index (χ4n) is 1.49. The molecule has 17 heavy (non-hydrogen) atoms. The minimum absolute atomic E-state index is 0.295. The summed E-state index contributed by atoms with van der Waals surface area (Å²) in [7, 11) is 0. The summed E-state index contributed by atoms with van der Waals surface area (Å²) in [5.74, 6) is -0.318. The molecule has 0 bridgehead atoms. The van der Waals surface area contributed by atoms with E-state index in [0.717, 1.165) is 5.56 Å². The highest BCUT2D eigenvalue weighted by molar-refractivity contribution is 5.89. The Morgan fingerprint density at radius 3 is 2.59 bits per heavy atom. The first-order valence-corrected chi connectivity index (χ1v) is 5.43. The van der Waals surface area contributed by atoms with Crippen molar-refractivity contribution in [3.63, 3.8) is 0 Å². The summed E-state index contributed by atoms with van der Waals surface area (Å²) in [5, 5.41) is 0. The number of benzene rings is 1. The summed E-state index contributed by atoms with van der Waals surface area (Å²) in [6.07, 6.45) is 3.09. The molecule has 0 radical (unpaired) electrons. The number of ether oxygens (including phenoxy) is 1. The van der Waals surface area contributed by atoms with Crippen LogP contribution in [0.15, 0.2) is 54.9 Å². The average molecular weight is 227 g/mol. The van der Waals surface area contributed by atoms with E-state index in [0.29, 0.717) is 5.56 Å². The molecule has 0 amide bonds. The number of rotatable bonds is 3. The third-order valence-corrected chi connectivity index (χ3v) is 2.45. The van der Waals surface area contributed by atoms with Crippen LogP contribution < -0.4 is 0 Å². The van der Waals surface area contributed by atoms with Crippen LogP contribution in [0.4, 0.5) is 0 Å². The first-order valence-electron chi connectivity index (χ1n) is 5.43. The van der Waals surface area contributed by atoms with E-state index < -0.39 is 0 Å². The van der Waals surface area contributed by atoms with Crippen LogP contribution in [0.5, 0.6) is 0 Å². The predicted octanol–water partition coefficient (Wildman–Crippen LogP) is 3.00. The highest BCUT2D eigenvalue weighted by Crippen LogP contribution is 2.17. The van der Waals surface area contributed by atoms with Gasteiger partial charge in [-0.1, -0.05) is 24.3 Å². The zero-order chi connectivity index (χ0) is 12.1. The molecular weight excluding hydrogens is 214 g/mol. The average Bonchev–Trinajstić information content (AvgIpc) is 2.40. The maximum absolute atomic E-state index is 11.8. The topological polar surface area (TPSA) is 39.2 Å². The number of aromatic nitrogens is 1. The number of carbonyl (C=O) groups excluding carboxylic acids is 1. The van der Waals surface area contributed by atoms with E-state index in [9.17, 15) is 4.79 Å². The van der Waals surface area contributed by atoms with Crippen LogP contribution >= 0.6 is 0 Å². The molecule has 1 atom stereocenters. The van der Waals surface area contributed by atoms with E-state index in [1.165, 1.54) is 0 Å². The Morgan fingerprint density at radius 1 is 1.18 bits per heavy atom. The highest BCUT2D eigenvalue weighted by Gasteiger charge is 2.12. The van der Waals surface area contributed by atoms with Crippen molar-refractivity contribution >= 4 is 5.97 Å². The second kappa shape index (κ2) is 5.25. The quantitative estimate of drug-likeness (QED) is 0.757. The summed E-state index contributed by atoms with van der Waals surface area (Å²) in [4.78, 5) is 15.8. The zero-order valence-electron chi connectivity index (χ0n) is 9.54. The third-order valence-electron chi connectivity index (χ3n) is 2.45. The number of hydrogen-bond acceptors (Lipinski definition) is 3. The first kappa shape index (κ1) is 11.3. The lowest BCUT2D eigenvalue weighted by Gasteiger charge is -2.12. The summed E-state index contributed by atoms with van der Waals surface area (Å²) >= 11 is 0. The van der Waals surface area contributed by atoms with Crippen molar-refractivity contribution in [1.29, 1.82) is 0 Å². The SMILES string of the molecule is C[C@H](OC(=O)c1ccccc1)c1cccnc1. The van der Waals surface area contributed by atoms with Gasteiger partial charge >= 0.3 is 5.97 Å². The Kier molecular flexibility index (Phi) is 3.50. The van der Waals surface area contributed by atoms with Gasteiger partial charge in [0.2, 0.25) is 0 Å².